The summed E-state index contributed by atoms with van der Waals surface area (Å²) in [6, 6.07) is 9.83. The van der Waals surface area contributed by atoms with Crippen LogP contribution in [0.3, 0.4) is 0 Å². The SMILES string of the molecule is Cc1cnc(Nc2cc3ncccc3c(NC3CC4CCC(C3)N4CCC#N)n2)s1. The number of piperidine rings is 1. The van der Waals surface area contributed by atoms with Crippen molar-refractivity contribution >= 4 is 39.0 Å². The Kier molecular flexibility index (Phi) is 5.23. The van der Waals surface area contributed by atoms with E-state index in [2.05, 4.69) is 37.6 Å². The van der Waals surface area contributed by atoms with Crippen molar-refractivity contribution in [2.45, 2.75) is 57.2 Å². The Morgan fingerprint density at radius 2 is 2.10 bits per heavy atom. The van der Waals surface area contributed by atoms with Crippen molar-refractivity contribution in [2.24, 2.45) is 0 Å². The molecule has 0 radical (unpaired) electrons. The Balaban J connectivity index is 1.38. The monoisotopic (exact) mass is 419 g/mol. The average molecular weight is 420 g/mol. The van der Waals surface area contributed by atoms with Crippen molar-refractivity contribution in [2.75, 3.05) is 17.2 Å². The maximum Gasteiger partial charge on any atom is 0.188 e. The number of aromatic nitrogens is 3. The smallest absolute Gasteiger partial charge is 0.188 e. The van der Waals surface area contributed by atoms with E-state index in [-0.39, 0.29) is 0 Å². The third-order valence-electron chi connectivity index (χ3n) is 6.16. The van der Waals surface area contributed by atoms with Crippen LogP contribution in [0.5, 0.6) is 0 Å². The van der Waals surface area contributed by atoms with Gasteiger partial charge in [-0.25, -0.2) is 9.97 Å². The molecule has 2 fully saturated rings. The van der Waals surface area contributed by atoms with Crippen LogP contribution < -0.4 is 10.6 Å². The van der Waals surface area contributed by atoms with Crippen LogP contribution >= 0.6 is 11.3 Å². The first-order chi connectivity index (χ1) is 14.7. The largest absolute Gasteiger partial charge is 0.367 e. The minimum absolute atomic E-state index is 0.383. The Morgan fingerprint density at radius 3 is 2.83 bits per heavy atom. The first kappa shape index (κ1) is 19.2. The third-order valence-corrected chi connectivity index (χ3v) is 6.99. The second-order valence-corrected chi connectivity index (χ2v) is 9.41. The Hall–Kier alpha value is -2.76. The molecule has 0 aliphatic carbocycles. The fourth-order valence-electron chi connectivity index (χ4n) is 4.90. The van der Waals surface area contributed by atoms with Crippen molar-refractivity contribution in [3.05, 3.63) is 35.5 Å². The van der Waals surface area contributed by atoms with Gasteiger partial charge in [0.15, 0.2) is 5.13 Å². The van der Waals surface area contributed by atoms with E-state index in [1.165, 1.54) is 12.8 Å². The number of rotatable bonds is 6. The summed E-state index contributed by atoms with van der Waals surface area (Å²) in [5.41, 5.74) is 0.917. The summed E-state index contributed by atoms with van der Waals surface area (Å²) < 4.78 is 0. The van der Waals surface area contributed by atoms with Gasteiger partial charge < -0.3 is 10.6 Å². The zero-order chi connectivity index (χ0) is 20.5. The zero-order valence-electron chi connectivity index (χ0n) is 17.0. The molecule has 5 rings (SSSR count). The second-order valence-electron chi connectivity index (χ2n) is 8.17. The molecule has 0 aromatic carbocycles. The molecule has 30 heavy (non-hydrogen) atoms. The number of anilines is 3. The predicted octanol–water partition coefficient (Wildman–Crippen LogP) is 4.46. The fourth-order valence-corrected chi connectivity index (χ4v) is 5.57. The number of aryl methyl sites for hydroxylation is 1. The Bertz CT molecular complexity index is 1070. The summed E-state index contributed by atoms with van der Waals surface area (Å²) in [5, 5.41) is 17.9. The summed E-state index contributed by atoms with van der Waals surface area (Å²) >= 11 is 1.61. The minimum atomic E-state index is 0.383. The van der Waals surface area contributed by atoms with E-state index >= 15 is 0 Å². The quantitative estimate of drug-likeness (QED) is 0.610. The van der Waals surface area contributed by atoms with Crippen LogP contribution in [0.2, 0.25) is 0 Å². The number of nitriles is 1. The minimum Gasteiger partial charge on any atom is -0.367 e. The van der Waals surface area contributed by atoms with Crippen molar-refractivity contribution in [1.82, 2.24) is 19.9 Å². The van der Waals surface area contributed by atoms with E-state index in [0.29, 0.717) is 24.5 Å². The maximum absolute atomic E-state index is 8.96. The zero-order valence-corrected chi connectivity index (χ0v) is 17.8. The molecular formula is C22H25N7S. The highest BCUT2D eigenvalue weighted by Crippen LogP contribution is 2.37. The van der Waals surface area contributed by atoms with Gasteiger partial charge in [0.1, 0.15) is 11.6 Å². The van der Waals surface area contributed by atoms with E-state index in [0.717, 1.165) is 51.9 Å². The number of hydrogen-bond acceptors (Lipinski definition) is 8. The topological polar surface area (TPSA) is 89.8 Å². The molecule has 2 bridgehead atoms. The molecule has 5 heterocycles. The molecule has 2 N–H and O–H groups in total. The lowest BCUT2D eigenvalue weighted by Gasteiger charge is -2.39. The molecule has 3 aromatic heterocycles. The molecule has 2 unspecified atom stereocenters. The molecule has 2 atom stereocenters. The molecule has 0 saturated carbocycles. The van der Waals surface area contributed by atoms with Crippen LogP contribution in [0.1, 0.15) is 37.0 Å². The summed E-state index contributed by atoms with van der Waals surface area (Å²) in [5.74, 6) is 1.64. The van der Waals surface area contributed by atoms with Gasteiger partial charge >= 0.3 is 0 Å². The molecule has 154 valence electrons. The number of thiazole rings is 1. The lowest BCUT2D eigenvalue weighted by atomic mass is 9.97. The number of nitrogens with zero attached hydrogens (tertiary/aromatic N) is 5. The van der Waals surface area contributed by atoms with Crippen LogP contribution in [-0.2, 0) is 0 Å². The Morgan fingerprint density at radius 1 is 1.27 bits per heavy atom. The van der Waals surface area contributed by atoms with Gasteiger partial charge in [-0.3, -0.25) is 9.88 Å². The van der Waals surface area contributed by atoms with E-state index in [1.807, 2.05) is 31.5 Å². The van der Waals surface area contributed by atoms with Gasteiger partial charge in [-0.05, 0) is 44.7 Å². The van der Waals surface area contributed by atoms with Gasteiger partial charge in [-0.1, -0.05) is 0 Å². The summed E-state index contributed by atoms with van der Waals surface area (Å²) in [6.45, 7) is 2.94. The molecule has 3 aromatic rings. The van der Waals surface area contributed by atoms with E-state index in [1.54, 1.807) is 11.3 Å². The number of pyridine rings is 2. The molecular weight excluding hydrogens is 394 g/mol. The van der Waals surface area contributed by atoms with Crippen LogP contribution in [0, 0.1) is 18.3 Å². The lowest BCUT2D eigenvalue weighted by Crippen LogP contribution is -2.47. The number of fused-ring (bicyclic) bond motifs is 3. The van der Waals surface area contributed by atoms with Crippen LogP contribution in [0.25, 0.3) is 10.9 Å². The van der Waals surface area contributed by atoms with Crippen molar-refractivity contribution in [1.29, 1.82) is 5.26 Å². The normalized spacial score (nSPS) is 23.4. The molecule has 0 amide bonds. The number of nitrogens with one attached hydrogen (secondary N) is 2. The van der Waals surface area contributed by atoms with E-state index in [9.17, 15) is 0 Å². The predicted molar refractivity (Wildman–Crippen MR) is 120 cm³/mol. The van der Waals surface area contributed by atoms with Gasteiger partial charge in [0, 0.05) is 59.8 Å². The molecule has 8 heteroatoms. The maximum atomic E-state index is 8.96. The van der Waals surface area contributed by atoms with Gasteiger partial charge in [0.25, 0.3) is 0 Å². The lowest BCUT2D eigenvalue weighted by molar-refractivity contribution is 0.136. The highest BCUT2D eigenvalue weighted by molar-refractivity contribution is 7.15. The van der Waals surface area contributed by atoms with Gasteiger partial charge in [-0.2, -0.15) is 5.26 Å². The highest BCUT2D eigenvalue weighted by Gasteiger charge is 2.40. The number of hydrogen-bond donors (Lipinski definition) is 2. The van der Waals surface area contributed by atoms with Crippen LogP contribution in [-0.4, -0.2) is 44.5 Å². The van der Waals surface area contributed by atoms with Crippen molar-refractivity contribution in [3.8, 4) is 6.07 Å². The van der Waals surface area contributed by atoms with E-state index in [4.69, 9.17) is 10.2 Å². The highest BCUT2D eigenvalue weighted by atomic mass is 32.1. The summed E-state index contributed by atoms with van der Waals surface area (Å²) in [6.07, 6.45) is 8.94. The first-order valence-corrected chi connectivity index (χ1v) is 11.4. The van der Waals surface area contributed by atoms with E-state index < -0.39 is 0 Å². The first-order valence-electron chi connectivity index (χ1n) is 10.5. The molecule has 7 nitrogen and oxygen atoms in total. The second kappa shape index (κ2) is 8.17. The van der Waals surface area contributed by atoms with Crippen LogP contribution in [0.15, 0.2) is 30.6 Å². The summed E-state index contributed by atoms with van der Waals surface area (Å²) in [7, 11) is 0. The van der Waals surface area contributed by atoms with Gasteiger partial charge in [0.05, 0.1) is 11.6 Å². The Labute approximate surface area is 180 Å². The molecule has 2 saturated heterocycles. The third kappa shape index (κ3) is 3.83. The molecule has 0 spiro atoms. The van der Waals surface area contributed by atoms with Crippen LogP contribution in [0.4, 0.5) is 16.8 Å². The van der Waals surface area contributed by atoms with Crippen molar-refractivity contribution in [3.63, 3.8) is 0 Å². The van der Waals surface area contributed by atoms with Gasteiger partial charge in [0.2, 0.25) is 0 Å². The average Bonchev–Trinajstić information content (AvgIpc) is 3.25. The fraction of sp³-hybridized carbons (Fsp3) is 0.455. The standard InChI is InChI=1S/C22H25N7S/c1-14-13-25-22(30-14)28-20-12-19-18(4-2-8-24-19)21(27-20)26-15-10-16-5-6-17(11-15)29(16)9-3-7-23/h2,4,8,12-13,15-17H,3,5-6,9-11H2,1H3,(H2,25,26,27,28). The molecule has 2 aliphatic heterocycles. The van der Waals surface area contributed by atoms with Crippen molar-refractivity contribution < 1.29 is 0 Å². The van der Waals surface area contributed by atoms with Gasteiger partial charge in [-0.15, -0.1) is 11.3 Å². The molecule has 2 aliphatic rings. The summed E-state index contributed by atoms with van der Waals surface area (Å²) in [4.78, 5) is 17.6.